The topological polar surface area (TPSA) is 63.6 Å². The van der Waals surface area contributed by atoms with Gasteiger partial charge < -0.3 is 9.84 Å². The van der Waals surface area contributed by atoms with Crippen LogP contribution in [0.5, 0.6) is 0 Å². The minimum atomic E-state index is -1.27. The number of halogens is 2. The third kappa shape index (κ3) is 3.42. The van der Waals surface area contributed by atoms with Gasteiger partial charge in [-0.3, -0.25) is 0 Å². The third-order valence-corrected chi connectivity index (χ3v) is 2.75. The summed E-state index contributed by atoms with van der Waals surface area (Å²) >= 11 is 0. The van der Waals surface area contributed by atoms with Gasteiger partial charge in [-0.1, -0.05) is 12.1 Å². The van der Waals surface area contributed by atoms with Crippen LogP contribution in [-0.4, -0.2) is 17.0 Å². The van der Waals surface area contributed by atoms with Crippen molar-refractivity contribution in [2.75, 3.05) is 0 Å². The number of hydrogen-bond acceptors (Lipinski definition) is 3. The molecule has 2 aromatic carbocycles. The van der Waals surface area contributed by atoms with E-state index < -0.39 is 30.2 Å². The molecule has 0 aliphatic heterocycles. The standard InChI is InChI=1S/C15H10F2O4/c16-10-6-5-9(13(17)7-10)8-21-15(20)12-4-2-1-3-11(12)14(18)19/h1-7H,8H2,(H,18,19). The van der Waals surface area contributed by atoms with E-state index in [-0.39, 0.29) is 16.7 Å². The van der Waals surface area contributed by atoms with Crippen molar-refractivity contribution in [1.29, 1.82) is 0 Å². The number of ether oxygens (including phenoxy) is 1. The van der Waals surface area contributed by atoms with Crippen molar-refractivity contribution < 1.29 is 28.2 Å². The van der Waals surface area contributed by atoms with Crippen molar-refractivity contribution in [2.45, 2.75) is 6.61 Å². The van der Waals surface area contributed by atoms with Gasteiger partial charge in [-0.05, 0) is 24.3 Å². The predicted octanol–water partition coefficient (Wildman–Crippen LogP) is 3.02. The molecule has 0 bridgehead atoms. The molecular formula is C15H10F2O4. The van der Waals surface area contributed by atoms with Gasteiger partial charge in [-0.15, -0.1) is 0 Å². The highest BCUT2D eigenvalue weighted by Crippen LogP contribution is 2.14. The number of carboxylic acids is 1. The number of hydrogen-bond donors (Lipinski definition) is 1. The molecule has 21 heavy (non-hydrogen) atoms. The Balaban J connectivity index is 2.14. The maximum atomic E-state index is 13.4. The van der Waals surface area contributed by atoms with Crippen LogP contribution in [0.3, 0.4) is 0 Å². The molecule has 0 amide bonds. The molecule has 108 valence electrons. The Labute approximate surface area is 118 Å². The molecule has 2 rings (SSSR count). The number of carbonyl (C=O) groups excluding carboxylic acids is 1. The second-order valence-electron chi connectivity index (χ2n) is 4.16. The summed E-state index contributed by atoms with van der Waals surface area (Å²) in [7, 11) is 0. The number of esters is 1. The molecule has 6 heteroatoms. The summed E-state index contributed by atoms with van der Waals surface area (Å²) in [6.07, 6.45) is 0. The summed E-state index contributed by atoms with van der Waals surface area (Å²) in [5, 5.41) is 8.96. The van der Waals surface area contributed by atoms with Gasteiger partial charge in [0.15, 0.2) is 0 Å². The minimum Gasteiger partial charge on any atom is -0.478 e. The van der Waals surface area contributed by atoms with E-state index >= 15 is 0 Å². The molecule has 0 aromatic heterocycles. The number of aromatic carboxylic acids is 1. The molecular weight excluding hydrogens is 282 g/mol. The smallest absolute Gasteiger partial charge is 0.339 e. The third-order valence-electron chi connectivity index (χ3n) is 2.75. The SMILES string of the molecule is O=C(O)c1ccccc1C(=O)OCc1ccc(F)cc1F. The van der Waals surface area contributed by atoms with E-state index in [9.17, 15) is 18.4 Å². The Hall–Kier alpha value is -2.76. The first kappa shape index (κ1) is 14.6. The first-order valence-electron chi connectivity index (χ1n) is 5.92. The largest absolute Gasteiger partial charge is 0.478 e. The Bertz CT molecular complexity index is 698. The van der Waals surface area contributed by atoms with Crippen LogP contribution in [0, 0.1) is 11.6 Å². The average molecular weight is 292 g/mol. The number of carbonyl (C=O) groups is 2. The molecule has 0 heterocycles. The zero-order valence-electron chi connectivity index (χ0n) is 10.7. The molecule has 0 fully saturated rings. The van der Waals surface area contributed by atoms with E-state index in [0.29, 0.717) is 6.07 Å². The molecule has 0 aliphatic carbocycles. The number of carboxylic acid groups (broad SMARTS) is 1. The Kier molecular flexibility index (Phi) is 4.27. The van der Waals surface area contributed by atoms with Crippen molar-refractivity contribution >= 4 is 11.9 Å². The normalized spacial score (nSPS) is 10.2. The fourth-order valence-electron chi connectivity index (χ4n) is 1.71. The Morgan fingerprint density at radius 2 is 1.71 bits per heavy atom. The lowest BCUT2D eigenvalue weighted by molar-refractivity contribution is 0.0460. The van der Waals surface area contributed by atoms with Crippen molar-refractivity contribution in [3.63, 3.8) is 0 Å². The van der Waals surface area contributed by atoms with Crippen LogP contribution in [0.4, 0.5) is 8.78 Å². The fourth-order valence-corrected chi connectivity index (χ4v) is 1.71. The number of benzene rings is 2. The Morgan fingerprint density at radius 1 is 1.05 bits per heavy atom. The molecule has 0 saturated carbocycles. The van der Waals surface area contributed by atoms with E-state index in [0.717, 1.165) is 12.1 Å². The minimum absolute atomic E-state index is 0.00226. The van der Waals surface area contributed by atoms with Gasteiger partial charge in [0, 0.05) is 11.6 Å². The molecule has 0 atom stereocenters. The predicted molar refractivity (Wildman–Crippen MR) is 68.9 cm³/mol. The highest BCUT2D eigenvalue weighted by molar-refractivity contribution is 6.02. The summed E-state index contributed by atoms with van der Waals surface area (Å²) in [4.78, 5) is 22.8. The first-order chi connectivity index (χ1) is 9.99. The maximum absolute atomic E-state index is 13.4. The highest BCUT2D eigenvalue weighted by Gasteiger charge is 2.17. The second-order valence-corrected chi connectivity index (χ2v) is 4.16. The van der Waals surface area contributed by atoms with Crippen molar-refractivity contribution in [2.24, 2.45) is 0 Å². The highest BCUT2D eigenvalue weighted by atomic mass is 19.1. The molecule has 4 nitrogen and oxygen atoms in total. The van der Waals surface area contributed by atoms with Crippen LogP contribution in [0.15, 0.2) is 42.5 Å². The van der Waals surface area contributed by atoms with Gasteiger partial charge >= 0.3 is 11.9 Å². The van der Waals surface area contributed by atoms with Crippen LogP contribution in [0.1, 0.15) is 26.3 Å². The van der Waals surface area contributed by atoms with Crippen LogP contribution >= 0.6 is 0 Å². The van der Waals surface area contributed by atoms with E-state index in [2.05, 4.69) is 0 Å². The van der Waals surface area contributed by atoms with E-state index in [1.165, 1.54) is 24.3 Å². The first-order valence-corrected chi connectivity index (χ1v) is 5.92. The van der Waals surface area contributed by atoms with Crippen molar-refractivity contribution in [3.8, 4) is 0 Å². The average Bonchev–Trinajstić information content (AvgIpc) is 2.46. The van der Waals surface area contributed by atoms with E-state index in [4.69, 9.17) is 9.84 Å². The molecule has 0 unspecified atom stereocenters. The van der Waals surface area contributed by atoms with Crippen LogP contribution in [-0.2, 0) is 11.3 Å². The molecule has 0 spiro atoms. The molecule has 0 aliphatic rings. The lowest BCUT2D eigenvalue weighted by Crippen LogP contribution is -2.12. The summed E-state index contributed by atoms with van der Waals surface area (Å²) in [6, 6.07) is 8.39. The fraction of sp³-hybridized carbons (Fsp3) is 0.0667. The van der Waals surface area contributed by atoms with Gasteiger partial charge in [0.05, 0.1) is 11.1 Å². The van der Waals surface area contributed by atoms with Gasteiger partial charge in [0.1, 0.15) is 18.2 Å². The summed E-state index contributed by atoms with van der Waals surface area (Å²) in [5.41, 5.74) is -0.341. The molecule has 0 saturated heterocycles. The maximum Gasteiger partial charge on any atom is 0.339 e. The monoisotopic (exact) mass is 292 g/mol. The Morgan fingerprint density at radius 3 is 2.33 bits per heavy atom. The summed E-state index contributed by atoms with van der Waals surface area (Å²) in [6.45, 7) is -0.418. The molecule has 1 N–H and O–H groups in total. The van der Waals surface area contributed by atoms with E-state index in [1.54, 1.807) is 0 Å². The molecule has 0 radical (unpaired) electrons. The zero-order valence-corrected chi connectivity index (χ0v) is 10.7. The van der Waals surface area contributed by atoms with Crippen LogP contribution in [0.2, 0.25) is 0 Å². The summed E-state index contributed by atoms with van der Waals surface area (Å²) < 4.78 is 31.0. The van der Waals surface area contributed by atoms with E-state index in [1.807, 2.05) is 0 Å². The van der Waals surface area contributed by atoms with Crippen molar-refractivity contribution in [3.05, 3.63) is 70.8 Å². The lowest BCUT2D eigenvalue weighted by Gasteiger charge is -2.08. The van der Waals surface area contributed by atoms with Gasteiger partial charge in [0.25, 0.3) is 0 Å². The van der Waals surface area contributed by atoms with Gasteiger partial charge in [-0.2, -0.15) is 0 Å². The second kappa shape index (κ2) is 6.13. The lowest BCUT2D eigenvalue weighted by atomic mass is 10.1. The van der Waals surface area contributed by atoms with Crippen LogP contribution < -0.4 is 0 Å². The molecule has 2 aromatic rings. The summed E-state index contributed by atoms with van der Waals surface area (Å²) in [5.74, 6) is -3.74. The quantitative estimate of drug-likeness (QED) is 0.880. The van der Waals surface area contributed by atoms with Gasteiger partial charge in [0.2, 0.25) is 0 Å². The van der Waals surface area contributed by atoms with Crippen molar-refractivity contribution in [1.82, 2.24) is 0 Å². The number of rotatable bonds is 4. The zero-order chi connectivity index (χ0) is 15.4. The van der Waals surface area contributed by atoms with Gasteiger partial charge in [-0.25, -0.2) is 18.4 Å². The van der Waals surface area contributed by atoms with Crippen LogP contribution in [0.25, 0.3) is 0 Å².